The highest BCUT2D eigenvalue weighted by molar-refractivity contribution is 7.99. The van der Waals surface area contributed by atoms with Crippen LogP contribution in [-0.4, -0.2) is 32.7 Å². The fourth-order valence-electron chi connectivity index (χ4n) is 2.22. The number of hydrogen-bond acceptors (Lipinski definition) is 7. The monoisotopic (exact) mass is 415 g/mol. The highest BCUT2D eigenvalue weighted by atomic mass is 35.5. The molecular formula is C18H18ClN7OS. The fourth-order valence-corrected chi connectivity index (χ4v) is 3.00. The molecule has 0 atom stereocenters. The number of aryl methyl sites for hydroxylation is 1. The largest absolute Gasteiger partial charge is 0.334 e. The predicted molar refractivity (Wildman–Crippen MR) is 113 cm³/mol. The summed E-state index contributed by atoms with van der Waals surface area (Å²) in [5, 5.41) is 15.8. The molecule has 0 aliphatic heterocycles. The maximum absolute atomic E-state index is 12.1. The van der Waals surface area contributed by atoms with E-state index in [-0.39, 0.29) is 17.6 Å². The van der Waals surface area contributed by atoms with E-state index in [4.69, 9.17) is 17.4 Å². The molecule has 0 aliphatic carbocycles. The molecule has 3 aromatic rings. The summed E-state index contributed by atoms with van der Waals surface area (Å²) < 4.78 is 1.24. The van der Waals surface area contributed by atoms with Gasteiger partial charge in [-0.05, 0) is 42.3 Å². The van der Waals surface area contributed by atoms with Gasteiger partial charge in [-0.15, -0.1) is 10.2 Å². The normalized spacial score (nSPS) is 10.9. The standard InChI is InChI=1S/C18H18ClN7OS/c1-12-3-2-4-15(9-12)22-16(27)11-28-18-25-24-17(26(18)20)23-21-10-13-5-7-14(19)8-6-13/h2-10H,11,20H2,1H3,(H,22,27)(H,23,24)/b21-10+. The van der Waals surface area contributed by atoms with E-state index in [2.05, 4.69) is 26.0 Å². The molecule has 0 aliphatic rings. The van der Waals surface area contributed by atoms with Crippen molar-refractivity contribution < 1.29 is 4.79 Å². The van der Waals surface area contributed by atoms with Gasteiger partial charge in [-0.25, -0.2) is 10.1 Å². The van der Waals surface area contributed by atoms with Crippen LogP contribution in [0, 0.1) is 6.92 Å². The summed E-state index contributed by atoms with van der Waals surface area (Å²) in [6.07, 6.45) is 1.60. The molecule has 28 heavy (non-hydrogen) atoms. The molecule has 2 aromatic carbocycles. The first-order chi connectivity index (χ1) is 13.5. The van der Waals surface area contributed by atoms with Crippen LogP contribution in [-0.2, 0) is 4.79 Å². The molecule has 0 spiro atoms. The second-order valence-corrected chi connectivity index (χ2v) is 7.18. The first kappa shape index (κ1) is 19.7. The second kappa shape index (κ2) is 9.25. The van der Waals surface area contributed by atoms with Crippen molar-refractivity contribution in [1.82, 2.24) is 14.9 Å². The molecule has 3 rings (SSSR count). The van der Waals surface area contributed by atoms with E-state index in [0.717, 1.165) is 16.8 Å². The van der Waals surface area contributed by atoms with E-state index in [1.54, 1.807) is 18.3 Å². The first-order valence-corrected chi connectivity index (χ1v) is 9.62. The molecule has 1 heterocycles. The molecule has 0 radical (unpaired) electrons. The zero-order chi connectivity index (χ0) is 19.9. The average molecular weight is 416 g/mol. The smallest absolute Gasteiger partial charge is 0.264 e. The van der Waals surface area contributed by atoms with Crippen LogP contribution in [0.3, 0.4) is 0 Å². The van der Waals surface area contributed by atoms with E-state index in [9.17, 15) is 4.79 Å². The number of hydrazone groups is 1. The van der Waals surface area contributed by atoms with Gasteiger partial charge in [0.15, 0.2) is 0 Å². The molecule has 0 saturated carbocycles. The van der Waals surface area contributed by atoms with Gasteiger partial charge in [0.05, 0.1) is 12.0 Å². The highest BCUT2D eigenvalue weighted by Crippen LogP contribution is 2.17. The van der Waals surface area contributed by atoms with E-state index < -0.39 is 0 Å². The highest BCUT2D eigenvalue weighted by Gasteiger charge is 2.12. The molecule has 0 bridgehead atoms. The van der Waals surface area contributed by atoms with Crippen LogP contribution in [0.4, 0.5) is 11.6 Å². The molecule has 0 unspecified atom stereocenters. The zero-order valence-corrected chi connectivity index (χ0v) is 16.5. The summed E-state index contributed by atoms with van der Waals surface area (Å²) >= 11 is 7.02. The second-order valence-electron chi connectivity index (χ2n) is 5.80. The zero-order valence-electron chi connectivity index (χ0n) is 15.0. The Morgan fingerprint density at radius 3 is 2.82 bits per heavy atom. The summed E-state index contributed by atoms with van der Waals surface area (Å²) in [5.41, 5.74) is 5.40. The number of nitrogens with one attached hydrogen (secondary N) is 2. The third-order valence-corrected chi connectivity index (χ3v) is 4.74. The number of aromatic nitrogens is 3. The van der Waals surface area contributed by atoms with Crippen LogP contribution in [0.1, 0.15) is 11.1 Å². The Kier molecular flexibility index (Phi) is 6.51. The molecule has 1 aromatic heterocycles. The number of nitrogen functional groups attached to an aromatic ring is 1. The van der Waals surface area contributed by atoms with Crippen LogP contribution >= 0.6 is 23.4 Å². The SMILES string of the molecule is Cc1cccc(NC(=O)CSc2nnc(N/N=C/c3ccc(Cl)cc3)n2N)c1. The summed E-state index contributed by atoms with van der Waals surface area (Å²) in [5.74, 6) is 6.19. The number of nitrogens with zero attached hydrogens (tertiary/aromatic N) is 4. The number of rotatable bonds is 7. The summed E-state index contributed by atoms with van der Waals surface area (Å²) in [4.78, 5) is 12.1. The lowest BCUT2D eigenvalue weighted by Gasteiger charge is -2.06. The van der Waals surface area contributed by atoms with Gasteiger partial charge in [0, 0.05) is 10.7 Å². The lowest BCUT2D eigenvalue weighted by Crippen LogP contribution is -2.16. The van der Waals surface area contributed by atoms with Crippen molar-refractivity contribution in [2.45, 2.75) is 12.1 Å². The number of carbonyl (C=O) groups is 1. The molecule has 144 valence electrons. The van der Waals surface area contributed by atoms with E-state index in [0.29, 0.717) is 10.2 Å². The Balaban J connectivity index is 1.52. The van der Waals surface area contributed by atoms with Gasteiger partial charge >= 0.3 is 0 Å². The molecule has 0 fully saturated rings. The Morgan fingerprint density at radius 2 is 2.07 bits per heavy atom. The van der Waals surface area contributed by atoms with Crippen molar-refractivity contribution in [2.24, 2.45) is 5.10 Å². The van der Waals surface area contributed by atoms with Gasteiger partial charge in [0.25, 0.3) is 5.95 Å². The predicted octanol–water partition coefficient (Wildman–Crippen LogP) is 3.13. The number of halogens is 1. The maximum Gasteiger partial charge on any atom is 0.264 e. The topological polar surface area (TPSA) is 110 Å². The quantitative estimate of drug-likeness (QED) is 0.236. The lowest BCUT2D eigenvalue weighted by atomic mass is 10.2. The third-order valence-electron chi connectivity index (χ3n) is 3.55. The van der Waals surface area contributed by atoms with E-state index >= 15 is 0 Å². The van der Waals surface area contributed by atoms with Crippen molar-refractivity contribution >= 4 is 47.1 Å². The van der Waals surface area contributed by atoms with Gasteiger partial charge < -0.3 is 11.2 Å². The van der Waals surface area contributed by atoms with Gasteiger partial charge in [-0.3, -0.25) is 4.79 Å². The maximum atomic E-state index is 12.1. The minimum absolute atomic E-state index is 0.150. The Hall–Kier alpha value is -3.04. The Morgan fingerprint density at radius 1 is 1.29 bits per heavy atom. The number of carbonyl (C=O) groups excluding carboxylic acids is 1. The van der Waals surface area contributed by atoms with Crippen molar-refractivity contribution in [3.8, 4) is 0 Å². The Labute approximate surface area is 171 Å². The van der Waals surface area contributed by atoms with Gasteiger partial charge in [0.2, 0.25) is 11.1 Å². The molecule has 0 saturated heterocycles. The summed E-state index contributed by atoms with van der Waals surface area (Å²) in [6.45, 7) is 1.96. The summed E-state index contributed by atoms with van der Waals surface area (Å²) in [6, 6.07) is 14.8. The number of amides is 1. The molecular weight excluding hydrogens is 398 g/mol. The summed E-state index contributed by atoms with van der Waals surface area (Å²) in [7, 11) is 0. The lowest BCUT2D eigenvalue weighted by molar-refractivity contribution is -0.113. The molecule has 8 nitrogen and oxygen atoms in total. The molecule has 10 heteroatoms. The fraction of sp³-hybridized carbons (Fsp3) is 0.111. The Bertz CT molecular complexity index is 988. The number of benzene rings is 2. The number of anilines is 2. The number of hydrogen-bond donors (Lipinski definition) is 3. The van der Waals surface area contributed by atoms with Crippen molar-refractivity contribution in [3.05, 3.63) is 64.7 Å². The van der Waals surface area contributed by atoms with Crippen molar-refractivity contribution in [1.29, 1.82) is 0 Å². The average Bonchev–Trinajstić information content (AvgIpc) is 3.02. The van der Waals surface area contributed by atoms with Crippen LogP contribution in [0.5, 0.6) is 0 Å². The molecule has 1 amide bonds. The first-order valence-electron chi connectivity index (χ1n) is 8.26. The number of thioether (sulfide) groups is 1. The van der Waals surface area contributed by atoms with Crippen LogP contribution in [0.15, 0.2) is 58.8 Å². The van der Waals surface area contributed by atoms with Gasteiger partial charge in [-0.1, -0.05) is 47.6 Å². The van der Waals surface area contributed by atoms with E-state index in [1.807, 2.05) is 43.3 Å². The van der Waals surface area contributed by atoms with Crippen LogP contribution < -0.4 is 16.6 Å². The minimum Gasteiger partial charge on any atom is -0.334 e. The van der Waals surface area contributed by atoms with Crippen molar-refractivity contribution in [3.63, 3.8) is 0 Å². The molecule has 4 N–H and O–H groups in total. The van der Waals surface area contributed by atoms with Gasteiger partial charge in [-0.2, -0.15) is 5.10 Å². The third kappa shape index (κ3) is 5.48. The van der Waals surface area contributed by atoms with Crippen molar-refractivity contribution in [2.75, 3.05) is 22.3 Å². The van der Waals surface area contributed by atoms with Crippen LogP contribution in [0.2, 0.25) is 5.02 Å². The van der Waals surface area contributed by atoms with E-state index in [1.165, 1.54) is 16.4 Å². The van der Waals surface area contributed by atoms with Gasteiger partial charge in [0.1, 0.15) is 0 Å². The minimum atomic E-state index is -0.158. The van der Waals surface area contributed by atoms with Crippen LogP contribution in [0.25, 0.3) is 0 Å². The number of nitrogens with two attached hydrogens (primary N) is 1.